The van der Waals surface area contributed by atoms with Crippen LogP contribution in [-0.4, -0.2) is 61.6 Å². The number of hydrogen-bond donors (Lipinski definition) is 0. The molecule has 120 valence electrons. The fourth-order valence-corrected chi connectivity index (χ4v) is 3.96. The van der Waals surface area contributed by atoms with E-state index >= 15 is 0 Å². The largest absolute Gasteiger partial charge is 0.381 e. The fraction of sp³-hybridized carbons (Fsp3) is 0.941. The second-order valence-corrected chi connectivity index (χ2v) is 7.10. The van der Waals surface area contributed by atoms with Crippen LogP contribution in [0.3, 0.4) is 0 Å². The van der Waals surface area contributed by atoms with E-state index in [-0.39, 0.29) is 0 Å². The monoisotopic (exact) mass is 294 g/mol. The van der Waals surface area contributed by atoms with Gasteiger partial charge in [-0.2, -0.15) is 0 Å². The number of piperidine rings is 1. The molecule has 3 fully saturated rings. The smallest absolute Gasteiger partial charge is 0.222 e. The molecular weight excluding hydrogens is 264 g/mol. The molecule has 3 aliphatic heterocycles. The molecule has 0 unspecified atom stereocenters. The molecule has 1 atom stereocenters. The van der Waals surface area contributed by atoms with Crippen LogP contribution in [0.15, 0.2) is 0 Å². The summed E-state index contributed by atoms with van der Waals surface area (Å²) in [6.45, 7) is 7.49. The second kappa shape index (κ2) is 7.59. The number of nitrogens with zero attached hydrogens (tertiary/aromatic N) is 2. The average Bonchev–Trinajstić information content (AvgIpc) is 3.19. The molecule has 3 heterocycles. The minimum absolute atomic E-state index is 0.364. The zero-order valence-corrected chi connectivity index (χ0v) is 13.3. The number of carbonyl (C=O) groups excluding carboxylic acids is 1. The topological polar surface area (TPSA) is 32.8 Å². The van der Waals surface area contributed by atoms with Crippen molar-refractivity contribution in [1.29, 1.82) is 0 Å². The molecule has 3 rings (SSSR count). The third-order valence-electron chi connectivity index (χ3n) is 5.51. The van der Waals surface area contributed by atoms with Crippen molar-refractivity contribution in [3.05, 3.63) is 0 Å². The van der Waals surface area contributed by atoms with Crippen LogP contribution in [-0.2, 0) is 9.53 Å². The van der Waals surface area contributed by atoms with Crippen LogP contribution in [0.5, 0.6) is 0 Å². The van der Waals surface area contributed by atoms with Gasteiger partial charge in [-0.1, -0.05) is 0 Å². The van der Waals surface area contributed by atoms with Gasteiger partial charge in [-0.15, -0.1) is 0 Å². The Bertz CT molecular complexity index is 328. The van der Waals surface area contributed by atoms with Crippen molar-refractivity contribution in [2.75, 3.05) is 45.9 Å². The van der Waals surface area contributed by atoms with Crippen LogP contribution >= 0.6 is 0 Å². The van der Waals surface area contributed by atoms with E-state index in [1.807, 2.05) is 0 Å². The first-order valence-electron chi connectivity index (χ1n) is 8.89. The van der Waals surface area contributed by atoms with E-state index in [4.69, 9.17) is 4.74 Å². The van der Waals surface area contributed by atoms with Gasteiger partial charge in [0.15, 0.2) is 0 Å². The van der Waals surface area contributed by atoms with E-state index in [1.165, 1.54) is 51.7 Å². The van der Waals surface area contributed by atoms with E-state index in [0.717, 1.165) is 38.6 Å². The van der Waals surface area contributed by atoms with Gasteiger partial charge in [0.25, 0.3) is 0 Å². The lowest BCUT2D eigenvalue weighted by atomic mass is 9.92. The Labute approximate surface area is 128 Å². The summed E-state index contributed by atoms with van der Waals surface area (Å²) >= 11 is 0. The minimum atomic E-state index is 0.364. The Morgan fingerprint density at radius 3 is 2.43 bits per heavy atom. The molecule has 0 aromatic rings. The van der Waals surface area contributed by atoms with Crippen LogP contribution in [0.4, 0.5) is 0 Å². The Morgan fingerprint density at radius 1 is 1.00 bits per heavy atom. The molecule has 0 aliphatic carbocycles. The quantitative estimate of drug-likeness (QED) is 0.779. The Balaban J connectivity index is 1.33. The molecule has 0 bridgehead atoms. The third kappa shape index (κ3) is 4.43. The van der Waals surface area contributed by atoms with E-state index in [2.05, 4.69) is 9.80 Å². The lowest BCUT2D eigenvalue weighted by Gasteiger charge is -2.33. The van der Waals surface area contributed by atoms with Crippen LogP contribution in [0, 0.1) is 11.8 Å². The average molecular weight is 294 g/mol. The van der Waals surface area contributed by atoms with Crippen molar-refractivity contribution in [2.45, 2.75) is 44.9 Å². The summed E-state index contributed by atoms with van der Waals surface area (Å²) in [5.74, 6) is 1.68. The fourth-order valence-electron chi connectivity index (χ4n) is 3.96. The SMILES string of the molecule is O=C(C[C@H]1CCOC1)N1CCC(CCN2CCCC2)CC1. The van der Waals surface area contributed by atoms with Crippen molar-refractivity contribution in [2.24, 2.45) is 11.8 Å². The van der Waals surface area contributed by atoms with Gasteiger partial charge in [-0.3, -0.25) is 4.79 Å². The zero-order valence-electron chi connectivity index (χ0n) is 13.3. The van der Waals surface area contributed by atoms with Crippen molar-refractivity contribution in [3.8, 4) is 0 Å². The van der Waals surface area contributed by atoms with Gasteiger partial charge in [0.05, 0.1) is 0 Å². The lowest BCUT2D eigenvalue weighted by molar-refractivity contribution is -0.133. The highest BCUT2D eigenvalue weighted by atomic mass is 16.5. The molecular formula is C17H30N2O2. The van der Waals surface area contributed by atoms with Gasteiger partial charge in [0.1, 0.15) is 0 Å². The van der Waals surface area contributed by atoms with Gasteiger partial charge in [-0.05, 0) is 70.0 Å². The van der Waals surface area contributed by atoms with Gasteiger partial charge in [0, 0.05) is 32.7 Å². The van der Waals surface area contributed by atoms with E-state index in [0.29, 0.717) is 18.2 Å². The first-order valence-corrected chi connectivity index (χ1v) is 8.89. The van der Waals surface area contributed by atoms with Crippen LogP contribution < -0.4 is 0 Å². The number of likely N-dealkylation sites (tertiary alicyclic amines) is 2. The highest BCUT2D eigenvalue weighted by Gasteiger charge is 2.26. The maximum atomic E-state index is 12.3. The summed E-state index contributed by atoms with van der Waals surface area (Å²) in [6.07, 6.45) is 8.30. The molecule has 4 heteroatoms. The summed E-state index contributed by atoms with van der Waals surface area (Å²) in [5.41, 5.74) is 0. The predicted octanol–water partition coefficient (Wildman–Crippen LogP) is 2.14. The van der Waals surface area contributed by atoms with Gasteiger partial charge < -0.3 is 14.5 Å². The van der Waals surface area contributed by atoms with Crippen LogP contribution in [0.2, 0.25) is 0 Å². The Hall–Kier alpha value is -0.610. The number of carbonyl (C=O) groups is 1. The highest BCUT2D eigenvalue weighted by Crippen LogP contribution is 2.24. The van der Waals surface area contributed by atoms with Gasteiger partial charge >= 0.3 is 0 Å². The summed E-state index contributed by atoms with van der Waals surface area (Å²) in [5, 5.41) is 0. The summed E-state index contributed by atoms with van der Waals surface area (Å²) < 4.78 is 5.37. The first-order chi connectivity index (χ1) is 10.3. The number of hydrogen-bond acceptors (Lipinski definition) is 3. The first kappa shape index (κ1) is 15.3. The maximum absolute atomic E-state index is 12.3. The molecule has 1 amide bonds. The molecule has 21 heavy (non-hydrogen) atoms. The molecule has 0 aromatic carbocycles. The summed E-state index contributed by atoms with van der Waals surface area (Å²) in [7, 11) is 0. The zero-order chi connectivity index (χ0) is 14.5. The minimum Gasteiger partial charge on any atom is -0.381 e. The Morgan fingerprint density at radius 2 is 1.76 bits per heavy atom. The summed E-state index contributed by atoms with van der Waals surface area (Å²) in [6, 6.07) is 0. The van der Waals surface area contributed by atoms with E-state index in [9.17, 15) is 4.79 Å². The predicted molar refractivity (Wildman–Crippen MR) is 83.1 cm³/mol. The van der Waals surface area contributed by atoms with Gasteiger partial charge in [0.2, 0.25) is 5.91 Å². The van der Waals surface area contributed by atoms with Crippen LogP contribution in [0.25, 0.3) is 0 Å². The normalized spacial score (nSPS) is 28.4. The van der Waals surface area contributed by atoms with Crippen LogP contribution in [0.1, 0.15) is 44.9 Å². The van der Waals surface area contributed by atoms with E-state index in [1.54, 1.807) is 0 Å². The van der Waals surface area contributed by atoms with Crippen molar-refractivity contribution in [1.82, 2.24) is 9.80 Å². The number of rotatable bonds is 5. The highest BCUT2D eigenvalue weighted by molar-refractivity contribution is 5.76. The summed E-state index contributed by atoms with van der Waals surface area (Å²) in [4.78, 5) is 17.0. The molecule has 0 radical (unpaired) electrons. The van der Waals surface area contributed by atoms with Crippen molar-refractivity contribution < 1.29 is 9.53 Å². The van der Waals surface area contributed by atoms with Crippen molar-refractivity contribution >= 4 is 5.91 Å². The molecule has 4 nitrogen and oxygen atoms in total. The maximum Gasteiger partial charge on any atom is 0.222 e. The molecule has 0 N–H and O–H groups in total. The molecule has 3 aliphatic rings. The van der Waals surface area contributed by atoms with E-state index < -0.39 is 0 Å². The van der Waals surface area contributed by atoms with Crippen molar-refractivity contribution in [3.63, 3.8) is 0 Å². The number of amides is 1. The molecule has 0 aromatic heterocycles. The lowest BCUT2D eigenvalue weighted by Crippen LogP contribution is -2.39. The third-order valence-corrected chi connectivity index (χ3v) is 5.51. The van der Waals surface area contributed by atoms with Gasteiger partial charge in [-0.25, -0.2) is 0 Å². The molecule has 0 spiro atoms. The standard InChI is InChI=1S/C17H30N2O2/c20-17(13-16-6-12-21-14-16)19-10-4-15(5-11-19)3-9-18-7-1-2-8-18/h15-16H,1-14H2/t16-/m1/s1. The second-order valence-electron chi connectivity index (χ2n) is 7.10. The Kier molecular flexibility index (Phi) is 5.53. The molecule has 0 saturated carbocycles. The molecule has 3 saturated heterocycles. The number of ether oxygens (including phenoxy) is 1.